The molecule has 14 heavy (non-hydrogen) atoms. The third-order valence-corrected chi connectivity index (χ3v) is 1.50. The second kappa shape index (κ2) is 5.72. The number of halogens is 4. The Morgan fingerprint density at radius 3 is 2.50 bits per heavy atom. The van der Waals surface area contributed by atoms with Crippen LogP contribution in [0.5, 0.6) is 5.75 Å². The Labute approximate surface area is 85.3 Å². The lowest BCUT2D eigenvalue weighted by atomic mass is 10.2. The summed E-state index contributed by atoms with van der Waals surface area (Å²) < 4.78 is 40.5. The van der Waals surface area contributed by atoms with Crippen LogP contribution in [-0.4, -0.2) is 6.61 Å². The molecule has 0 spiro atoms. The first-order valence-corrected chi connectivity index (χ1v) is 3.57. The standard InChI is InChI=1S/C8H8F3NO.ClH/c9-6-2-1-3-7(5(6)4-12)13-8(10)11;/h1-3,8H,4,12H2;1H. The number of ether oxygens (including phenoxy) is 1. The SMILES string of the molecule is Cl.NCc1c(F)cccc1OC(F)F. The van der Waals surface area contributed by atoms with Crippen LogP contribution in [-0.2, 0) is 6.54 Å². The van der Waals surface area contributed by atoms with Crippen molar-refractivity contribution in [2.24, 2.45) is 5.73 Å². The smallest absolute Gasteiger partial charge is 0.387 e. The van der Waals surface area contributed by atoms with Gasteiger partial charge in [0.25, 0.3) is 0 Å². The van der Waals surface area contributed by atoms with Gasteiger partial charge in [-0.3, -0.25) is 0 Å². The van der Waals surface area contributed by atoms with Crippen LogP contribution in [0.1, 0.15) is 5.56 Å². The quantitative estimate of drug-likeness (QED) is 0.860. The van der Waals surface area contributed by atoms with Crippen molar-refractivity contribution in [3.05, 3.63) is 29.6 Å². The molecule has 0 aliphatic heterocycles. The minimum absolute atomic E-state index is 0. The van der Waals surface area contributed by atoms with E-state index in [1.54, 1.807) is 0 Å². The molecule has 6 heteroatoms. The van der Waals surface area contributed by atoms with Gasteiger partial charge < -0.3 is 10.5 Å². The highest BCUT2D eigenvalue weighted by atomic mass is 35.5. The Morgan fingerprint density at radius 1 is 1.36 bits per heavy atom. The lowest BCUT2D eigenvalue weighted by molar-refractivity contribution is -0.0506. The summed E-state index contributed by atoms with van der Waals surface area (Å²) in [6, 6.07) is 3.67. The summed E-state index contributed by atoms with van der Waals surface area (Å²) in [5.41, 5.74) is 5.12. The Bertz CT molecular complexity index is 296. The Hall–Kier alpha value is -0.940. The van der Waals surface area contributed by atoms with Crippen molar-refractivity contribution in [3.63, 3.8) is 0 Å². The van der Waals surface area contributed by atoms with Gasteiger partial charge in [0.1, 0.15) is 11.6 Å². The van der Waals surface area contributed by atoms with E-state index in [0.29, 0.717) is 0 Å². The fraction of sp³-hybridized carbons (Fsp3) is 0.250. The molecular formula is C8H9ClF3NO. The molecule has 1 aromatic carbocycles. The number of nitrogens with two attached hydrogens (primary N) is 1. The van der Waals surface area contributed by atoms with E-state index in [1.807, 2.05) is 0 Å². The van der Waals surface area contributed by atoms with Gasteiger partial charge >= 0.3 is 6.61 Å². The Kier molecular flexibility index (Phi) is 5.34. The molecule has 0 fully saturated rings. The van der Waals surface area contributed by atoms with E-state index >= 15 is 0 Å². The maximum absolute atomic E-state index is 12.9. The third-order valence-electron chi connectivity index (χ3n) is 1.50. The fourth-order valence-electron chi connectivity index (χ4n) is 0.943. The van der Waals surface area contributed by atoms with Crippen molar-refractivity contribution in [2.75, 3.05) is 0 Å². The van der Waals surface area contributed by atoms with E-state index in [-0.39, 0.29) is 30.3 Å². The molecule has 80 valence electrons. The second-order valence-electron chi connectivity index (χ2n) is 2.30. The van der Waals surface area contributed by atoms with E-state index in [9.17, 15) is 13.2 Å². The number of alkyl halides is 2. The molecule has 0 unspecified atom stereocenters. The Balaban J connectivity index is 0.00000169. The first-order valence-electron chi connectivity index (χ1n) is 3.57. The maximum atomic E-state index is 12.9. The van der Waals surface area contributed by atoms with Crippen LogP contribution in [0, 0.1) is 5.82 Å². The summed E-state index contributed by atoms with van der Waals surface area (Å²) in [6.45, 7) is -3.14. The highest BCUT2D eigenvalue weighted by Crippen LogP contribution is 2.22. The summed E-state index contributed by atoms with van der Waals surface area (Å²) in [5, 5.41) is 0. The molecule has 0 saturated carbocycles. The lowest BCUT2D eigenvalue weighted by Crippen LogP contribution is -2.08. The first-order chi connectivity index (χ1) is 6.15. The summed E-state index contributed by atoms with van der Waals surface area (Å²) in [7, 11) is 0. The molecule has 0 aliphatic carbocycles. The average molecular weight is 228 g/mol. The van der Waals surface area contributed by atoms with Gasteiger partial charge in [0, 0.05) is 12.1 Å². The Morgan fingerprint density at radius 2 is 2.00 bits per heavy atom. The van der Waals surface area contributed by atoms with Crippen LogP contribution in [0.4, 0.5) is 13.2 Å². The van der Waals surface area contributed by atoms with Crippen molar-refractivity contribution in [1.82, 2.24) is 0 Å². The number of hydrogen-bond donors (Lipinski definition) is 1. The molecular weight excluding hydrogens is 219 g/mol. The molecule has 0 aliphatic rings. The van der Waals surface area contributed by atoms with Crippen LogP contribution in [0.15, 0.2) is 18.2 Å². The largest absolute Gasteiger partial charge is 0.434 e. The molecule has 0 amide bonds. The maximum Gasteiger partial charge on any atom is 0.387 e. The van der Waals surface area contributed by atoms with Gasteiger partial charge in [0.05, 0.1) is 0 Å². The predicted octanol–water partition coefficient (Wildman–Crippen LogP) is 2.31. The van der Waals surface area contributed by atoms with Crippen molar-refractivity contribution < 1.29 is 17.9 Å². The molecule has 0 heterocycles. The average Bonchev–Trinajstić information content (AvgIpc) is 2.03. The van der Waals surface area contributed by atoms with Crippen molar-refractivity contribution in [1.29, 1.82) is 0 Å². The minimum Gasteiger partial charge on any atom is -0.434 e. The summed E-state index contributed by atoms with van der Waals surface area (Å²) in [4.78, 5) is 0. The molecule has 2 N–H and O–H groups in total. The van der Waals surface area contributed by atoms with Gasteiger partial charge in [-0.05, 0) is 12.1 Å². The van der Waals surface area contributed by atoms with Gasteiger partial charge in [-0.2, -0.15) is 8.78 Å². The van der Waals surface area contributed by atoms with Gasteiger partial charge in [-0.25, -0.2) is 4.39 Å². The minimum atomic E-state index is -2.97. The van der Waals surface area contributed by atoms with Gasteiger partial charge in [-0.1, -0.05) is 6.07 Å². The highest BCUT2D eigenvalue weighted by Gasteiger charge is 2.11. The van der Waals surface area contributed by atoms with E-state index in [4.69, 9.17) is 5.73 Å². The van der Waals surface area contributed by atoms with Crippen molar-refractivity contribution in [3.8, 4) is 5.75 Å². The van der Waals surface area contributed by atoms with Crippen LogP contribution in [0.3, 0.4) is 0 Å². The monoisotopic (exact) mass is 227 g/mol. The van der Waals surface area contributed by atoms with Gasteiger partial charge in [0.2, 0.25) is 0 Å². The molecule has 0 bridgehead atoms. The van der Waals surface area contributed by atoms with Crippen molar-refractivity contribution in [2.45, 2.75) is 13.2 Å². The van der Waals surface area contributed by atoms with Crippen LogP contribution < -0.4 is 10.5 Å². The van der Waals surface area contributed by atoms with E-state index in [2.05, 4.69) is 4.74 Å². The summed E-state index contributed by atoms with van der Waals surface area (Å²) in [5.74, 6) is -0.849. The highest BCUT2D eigenvalue weighted by molar-refractivity contribution is 5.85. The fourth-order valence-corrected chi connectivity index (χ4v) is 0.943. The van der Waals surface area contributed by atoms with Crippen molar-refractivity contribution >= 4 is 12.4 Å². The topological polar surface area (TPSA) is 35.2 Å². The molecule has 0 atom stereocenters. The first kappa shape index (κ1) is 13.1. The zero-order chi connectivity index (χ0) is 9.84. The van der Waals surface area contributed by atoms with E-state index < -0.39 is 12.4 Å². The van der Waals surface area contributed by atoms with E-state index in [0.717, 1.165) is 6.07 Å². The number of hydrogen-bond acceptors (Lipinski definition) is 2. The van der Waals surface area contributed by atoms with E-state index in [1.165, 1.54) is 12.1 Å². The predicted molar refractivity (Wildman–Crippen MR) is 48.2 cm³/mol. The van der Waals surface area contributed by atoms with Crippen LogP contribution >= 0.6 is 12.4 Å². The zero-order valence-electron chi connectivity index (χ0n) is 7.04. The third kappa shape index (κ3) is 3.08. The van der Waals surface area contributed by atoms with Crippen LogP contribution in [0.2, 0.25) is 0 Å². The molecule has 0 saturated heterocycles. The molecule has 0 aromatic heterocycles. The second-order valence-corrected chi connectivity index (χ2v) is 2.30. The van der Waals surface area contributed by atoms with Gasteiger partial charge in [0.15, 0.2) is 0 Å². The number of benzene rings is 1. The molecule has 2 nitrogen and oxygen atoms in total. The van der Waals surface area contributed by atoms with Crippen LogP contribution in [0.25, 0.3) is 0 Å². The normalized spacial score (nSPS) is 9.79. The zero-order valence-corrected chi connectivity index (χ0v) is 7.86. The number of rotatable bonds is 3. The summed E-state index contributed by atoms with van der Waals surface area (Å²) >= 11 is 0. The molecule has 0 radical (unpaired) electrons. The van der Waals surface area contributed by atoms with Gasteiger partial charge in [-0.15, -0.1) is 12.4 Å². The molecule has 1 aromatic rings. The molecule has 1 rings (SSSR count). The lowest BCUT2D eigenvalue weighted by Gasteiger charge is -2.09. The summed E-state index contributed by atoms with van der Waals surface area (Å²) in [6.07, 6.45) is 0.